The predicted molar refractivity (Wildman–Crippen MR) is 89.7 cm³/mol. The highest BCUT2D eigenvalue weighted by atomic mass is 15.4. The molecule has 0 radical (unpaired) electrons. The minimum absolute atomic E-state index is 1.00. The minimum atomic E-state index is 1.00. The Morgan fingerprint density at radius 1 is 0.905 bits per heavy atom. The zero-order chi connectivity index (χ0) is 14.8. The van der Waals surface area contributed by atoms with E-state index >= 15 is 0 Å². The maximum atomic E-state index is 2.52. The topological polar surface area (TPSA) is 6.48 Å². The van der Waals surface area contributed by atoms with Crippen LogP contribution in [0.3, 0.4) is 0 Å². The summed E-state index contributed by atoms with van der Waals surface area (Å²) in [5.41, 5.74) is 4.40. The second-order valence-electron chi connectivity index (χ2n) is 5.82. The summed E-state index contributed by atoms with van der Waals surface area (Å²) in [6.07, 6.45) is 2.23. The van der Waals surface area contributed by atoms with E-state index in [0.717, 1.165) is 26.1 Å². The molecule has 21 heavy (non-hydrogen) atoms. The first-order chi connectivity index (χ1) is 10.2. The van der Waals surface area contributed by atoms with Gasteiger partial charge in [0.15, 0.2) is 0 Å². The van der Waals surface area contributed by atoms with Gasteiger partial charge >= 0.3 is 0 Å². The van der Waals surface area contributed by atoms with E-state index in [1.807, 2.05) is 0 Å². The molecule has 2 nitrogen and oxygen atoms in total. The SMILES string of the molecule is CCC1=C(CC)N(Cc2ccc3ccccc3c2)CN1C. The van der Waals surface area contributed by atoms with Crippen molar-refractivity contribution in [3.05, 3.63) is 59.4 Å². The smallest absolute Gasteiger partial charge is 0.0899 e. The van der Waals surface area contributed by atoms with Gasteiger partial charge < -0.3 is 9.80 Å². The van der Waals surface area contributed by atoms with Crippen molar-refractivity contribution >= 4 is 10.8 Å². The molecule has 1 aliphatic heterocycles. The van der Waals surface area contributed by atoms with Gasteiger partial charge in [0.25, 0.3) is 0 Å². The van der Waals surface area contributed by atoms with Crippen LogP contribution in [0, 0.1) is 0 Å². The maximum absolute atomic E-state index is 2.52. The Kier molecular flexibility index (Phi) is 3.87. The summed E-state index contributed by atoms with van der Waals surface area (Å²) in [4.78, 5) is 4.91. The molecule has 0 saturated heterocycles. The summed E-state index contributed by atoms with van der Waals surface area (Å²) in [5.74, 6) is 0. The molecule has 1 heterocycles. The average Bonchev–Trinajstić information content (AvgIpc) is 2.81. The highest BCUT2D eigenvalue weighted by Gasteiger charge is 2.23. The van der Waals surface area contributed by atoms with Crippen molar-refractivity contribution < 1.29 is 0 Å². The zero-order valence-corrected chi connectivity index (χ0v) is 13.3. The first kappa shape index (κ1) is 14.0. The first-order valence-electron chi connectivity index (χ1n) is 7.88. The summed E-state index contributed by atoms with van der Waals surface area (Å²) in [7, 11) is 2.20. The van der Waals surface area contributed by atoms with Crippen molar-refractivity contribution in [3.63, 3.8) is 0 Å². The lowest BCUT2D eigenvalue weighted by atomic mass is 10.1. The molecule has 2 aromatic rings. The summed E-state index contributed by atoms with van der Waals surface area (Å²) in [6.45, 7) is 6.53. The van der Waals surface area contributed by atoms with E-state index in [1.165, 1.54) is 27.7 Å². The Hall–Kier alpha value is -1.96. The van der Waals surface area contributed by atoms with Crippen molar-refractivity contribution in [3.8, 4) is 0 Å². The third-order valence-corrected chi connectivity index (χ3v) is 4.42. The molecule has 0 aliphatic carbocycles. The van der Waals surface area contributed by atoms with E-state index in [4.69, 9.17) is 0 Å². The van der Waals surface area contributed by atoms with Crippen molar-refractivity contribution in [1.82, 2.24) is 9.80 Å². The van der Waals surface area contributed by atoms with Gasteiger partial charge in [0, 0.05) is 25.0 Å². The quantitative estimate of drug-likeness (QED) is 0.809. The van der Waals surface area contributed by atoms with Gasteiger partial charge in [0.2, 0.25) is 0 Å². The lowest BCUT2D eigenvalue weighted by Gasteiger charge is -2.22. The van der Waals surface area contributed by atoms with Crippen LogP contribution in [0.2, 0.25) is 0 Å². The number of fused-ring (bicyclic) bond motifs is 1. The van der Waals surface area contributed by atoms with Crippen LogP contribution in [0.1, 0.15) is 32.3 Å². The predicted octanol–water partition coefficient (Wildman–Crippen LogP) is 4.58. The molecule has 2 heteroatoms. The van der Waals surface area contributed by atoms with Crippen LogP contribution in [0.4, 0.5) is 0 Å². The van der Waals surface area contributed by atoms with Gasteiger partial charge in [-0.2, -0.15) is 0 Å². The second-order valence-corrected chi connectivity index (χ2v) is 5.82. The van der Waals surface area contributed by atoms with Crippen molar-refractivity contribution in [2.75, 3.05) is 13.7 Å². The second kappa shape index (κ2) is 5.80. The van der Waals surface area contributed by atoms with Crippen LogP contribution in [0.15, 0.2) is 53.9 Å². The van der Waals surface area contributed by atoms with E-state index in [2.05, 4.69) is 73.2 Å². The van der Waals surface area contributed by atoms with Gasteiger partial charge in [-0.1, -0.05) is 50.2 Å². The summed E-state index contributed by atoms with van der Waals surface area (Å²) < 4.78 is 0. The third-order valence-electron chi connectivity index (χ3n) is 4.42. The van der Waals surface area contributed by atoms with Crippen LogP contribution in [0.5, 0.6) is 0 Å². The lowest BCUT2D eigenvalue weighted by molar-refractivity contribution is 0.265. The number of hydrogen-bond acceptors (Lipinski definition) is 2. The molecule has 0 spiro atoms. The van der Waals surface area contributed by atoms with Crippen molar-refractivity contribution in [1.29, 1.82) is 0 Å². The largest absolute Gasteiger partial charge is 0.359 e. The molecule has 1 aliphatic rings. The van der Waals surface area contributed by atoms with Crippen LogP contribution in [-0.4, -0.2) is 23.5 Å². The number of nitrogens with zero attached hydrogens (tertiary/aromatic N) is 2. The highest BCUT2D eigenvalue weighted by Crippen LogP contribution is 2.29. The molecule has 3 rings (SSSR count). The Morgan fingerprint density at radius 2 is 1.62 bits per heavy atom. The van der Waals surface area contributed by atoms with Gasteiger partial charge in [-0.05, 0) is 35.2 Å². The van der Waals surface area contributed by atoms with E-state index in [1.54, 1.807) is 0 Å². The fourth-order valence-corrected chi connectivity index (χ4v) is 3.43. The fourth-order valence-electron chi connectivity index (χ4n) is 3.43. The summed E-state index contributed by atoms with van der Waals surface area (Å²) >= 11 is 0. The summed E-state index contributed by atoms with van der Waals surface area (Å²) in [5, 5.41) is 2.65. The Labute approximate surface area is 127 Å². The van der Waals surface area contributed by atoms with Gasteiger partial charge in [-0.15, -0.1) is 0 Å². The molecule has 0 fully saturated rings. The minimum Gasteiger partial charge on any atom is -0.359 e. The number of rotatable bonds is 4. The molecule has 0 saturated carbocycles. The molecule has 0 amide bonds. The molecular formula is C19H24N2. The molecule has 0 bridgehead atoms. The van der Waals surface area contributed by atoms with Gasteiger partial charge in [-0.3, -0.25) is 0 Å². The molecule has 0 N–H and O–H groups in total. The van der Waals surface area contributed by atoms with Crippen molar-refractivity contribution in [2.24, 2.45) is 0 Å². The van der Waals surface area contributed by atoms with Gasteiger partial charge in [0.1, 0.15) is 0 Å². The molecule has 110 valence electrons. The average molecular weight is 280 g/mol. The Bertz CT molecular complexity index is 672. The van der Waals surface area contributed by atoms with Crippen LogP contribution >= 0.6 is 0 Å². The summed E-state index contributed by atoms with van der Waals surface area (Å²) in [6, 6.07) is 15.4. The molecule has 0 atom stereocenters. The molecule has 0 unspecified atom stereocenters. The van der Waals surface area contributed by atoms with Gasteiger partial charge in [0.05, 0.1) is 6.67 Å². The Balaban J connectivity index is 1.87. The van der Waals surface area contributed by atoms with E-state index in [9.17, 15) is 0 Å². The van der Waals surface area contributed by atoms with Gasteiger partial charge in [-0.25, -0.2) is 0 Å². The Morgan fingerprint density at radius 3 is 2.33 bits per heavy atom. The highest BCUT2D eigenvalue weighted by molar-refractivity contribution is 5.82. The molecule has 0 aromatic heterocycles. The number of allylic oxidation sites excluding steroid dienone is 2. The maximum Gasteiger partial charge on any atom is 0.0899 e. The van der Waals surface area contributed by atoms with E-state index in [-0.39, 0.29) is 0 Å². The normalized spacial score (nSPS) is 15.4. The van der Waals surface area contributed by atoms with Crippen LogP contribution < -0.4 is 0 Å². The third kappa shape index (κ3) is 2.63. The van der Waals surface area contributed by atoms with Crippen LogP contribution in [-0.2, 0) is 6.54 Å². The van der Waals surface area contributed by atoms with Crippen LogP contribution in [0.25, 0.3) is 10.8 Å². The standard InChI is InChI=1S/C19H24N2/c1-4-18-19(5-2)21(14-20(18)3)13-15-10-11-16-8-6-7-9-17(16)12-15/h6-12H,4-5,13-14H2,1-3H3. The molecular weight excluding hydrogens is 256 g/mol. The van der Waals surface area contributed by atoms with E-state index in [0.29, 0.717) is 0 Å². The number of hydrogen-bond donors (Lipinski definition) is 0. The zero-order valence-electron chi connectivity index (χ0n) is 13.3. The number of benzene rings is 2. The molecule has 2 aromatic carbocycles. The first-order valence-corrected chi connectivity index (χ1v) is 7.88. The monoisotopic (exact) mass is 280 g/mol. The lowest BCUT2D eigenvalue weighted by Crippen LogP contribution is -2.24. The van der Waals surface area contributed by atoms with E-state index < -0.39 is 0 Å². The van der Waals surface area contributed by atoms with Crippen molar-refractivity contribution in [2.45, 2.75) is 33.2 Å². The fraction of sp³-hybridized carbons (Fsp3) is 0.368.